The second-order valence-corrected chi connectivity index (χ2v) is 4.55. The van der Waals surface area contributed by atoms with Crippen molar-refractivity contribution in [2.45, 2.75) is 38.3 Å². The van der Waals surface area contributed by atoms with Crippen LogP contribution < -0.4 is 10.6 Å². The molecule has 94 valence electrons. The molecule has 1 atom stereocenters. The lowest BCUT2D eigenvalue weighted by atomic mass is 10.1. The Morgan fingerprint density at radius 1 is 1.59 bits per heavy atom. The van der Waals surface area contributed by atoms with Crippen molar-refractivity contribution in [3.05, 3.63) is 18.0 Å². The maximum Gasteiger partial charge on any atom is 0.237 e. The van der Waals surface area contributed by atoms with Crippen molar-refractivity contribution in [3.8, 4) is 0 Å². The summed E-state index contributed by atoms with van der Waals surface area (Å²) in [5.74, 6) is 0.0950. The molecular formula is C12H20N4O. The van der Waals surface area contributed by atoms with Crippen LogP contribution in [0.25, 0.3) is 0 Å². The van der Waals surface area contributed by atoms with Crippen LogP contribution in [0, 0.1) is 0 Å². The summed E-state index contributed by atoms with van der Waals surface area (Å²) in [7, 11) is 1.87. The lowest BCUT2D eigenvalue weighted by Crippen LogP contribution is -2.43. The smallest absolute Gasteiger partial charge is 0.237 e. The summed E-state index contributed by atoms with van der Waals surface area (Å²) < 4.78 is 1.74. The van der Waals surface area contributed by atoms with E-state index < -0.39 is 0 Å². The highest BCUT2D eigenvalue weighted by molar-refractivity contribution is 5.81. The topological polar surface area (TPSA) is 59.0 Å². The number of hydrogen-bond acceptors (Lipinski definition) is 3. The molecule has 5 heteroatoms. The minimum atomic E-state index is -0.0267. The fourth-order valence-corrected chi connectivity index (χ4v) is 2.11. The average Bonchev–Trinajstić information content (AvgIpc) is 2.58. The van der Waals surface area contributed by atoms with Crippen LogP contribution in [0.2, 0.25) is 0 Å². The van der Waals surface area contributed by atoms with Gasteiger partial charge in [0.05, 0.1) is 18.3 Å². The summed E-state index contributed by atoms with van der Waals surface area (Å²) in [5.41, 5.74) is 0.898. The molecular weight excluding hydrogens is 216 g/mol. The van der Waals surface area contributed by atoms with Crippen molar-refractivity contribution in [3.63, 3.8) is 0 Å². The predicted octanol–water partition coefficient (Wildman–Crippen LogP) is 0.568. The largest absolute Gasteiger partial charge is 0.349 e. The Kier molecular flexibility index (Phi) is 4.14. The Morgan fingerprint density at radius 3 is 3.24 bits per heavy atom. The molecule has 2 rings (SSSR count). The monoisotopic (exact) mass is 236 g/mol. The second kappa shape index (κ2) is 5.82. The lowest BCUT2D eigenvalue weighted by Gasteiger charge is -2.14. The van der Waals surface area contributed by atoms with E-state index in [9.17, 15) is 4.79 Å². The van der Waals surface area contributed by atoms with Gasteiger partial charge in [-0.2, -0.15) is 5.10 Å². The number of carbonyl (C=O) groups is 1. The van der Waals surface area contributed by atoms with E-state index in [4.69, 9.17) is 0 Å². The van der Waals surface area contributed by atoms with Crippen molar-refractivity contribution in [2.75, 3.05) is 6.54 Å². The van der Waals surface area contributed by atoms with E-state index in [1.807, 2.05) is 19.3 Å². The molecule has 1 aromatic rings. The van der Waals surface area contributed by atoms with Crippen molar-refractivity contribution in [1.29, 1.82) is 0 Å². The summed E-state index contributed by atoms with van der Waals surface area (Å²) in [6.45, 7) is 1.46. The molecule has 0 aromatic carbocycles. The molecule has 5 nitrogen and oxygen atoms in total. The van der Waals surface area contributed by atoms with Gasteiger partial charge in [0.15, 0.2) is 0 Å². The SMILES string of the molecule is Cn1ccc(CNC(=O)C2CCCCCN2)n1. The Bertz CT molecular complexity index is 366. The van der Waals surface area contributed by atoms with Gasteiger partial charge in [-0.3, -0.25) is 9.48 Å². The molecule has 0 spiro atoms. The summed E-state index contributed by atoms with van der Waals surface area (Å²) in [5, 5.41) is 10.4. The van der Waals surface area contributed by atoms with Crippen LogP contribution in [0.5, 0.6) is 0 Å². The first-order valence-electron chi connectivity index (χ1n) is 6.25. The molecule has 1 saturated heterocycles. The Labute approximate surface area is 102 Å². The van der Waals surface area contributed by atoms with Gasteiger partial charge in [-0.15, -0.1) is 0 Å². The first kappa shape index (κ1) is 12.1. The molecule has 1 aliphatic rings. The van der Waals surface area contributed by atoms with Crippen LogP contribution in [0.1, 0.15) is 31.4 Å². The highest BCUT2D eigenvalue weighted by Gasteiger charge is 2.18. The average molecular weight is 236 g/mol. The molecule has 17 heavy (non-hydrogen) atoms. The van der Waals surface area contributed by atoms with E-state index in [1.54, 1.807) is 4.68 Å². The van der Waals surface area contributed by atoms with Crippen LogP contribution in [0.3, 0.4) is 0 Å². The van der Waals surface area contributed by atoms with Gasteiger partial charge in [0, 0.05) is 13.2 Å². The van der Waals surface area contributed by atoms with Crippen LogP contribution in [-0.4, -0.2) is 28.3 Å². The van der Waals surface area contributed by atoms with Gasteiger partial charge < -0.3 is 10.6 Å². The van der Waals surface area contributed by atoms with Gasteiger partial charge in [0.1, 0.15) is 0 Å². The third-order valence-electron chi connectivity index (χ3n) is 3.09. The van der Waals surface area contributed by atoms with Crippen LogP contribution in [-0.2, 0) is 18.4 Å². The molecule has 0 aliphatic carbocycles. The number of aromatic nitrogens is 2. The first-order chi connectivity index (χ1) is 8.25. The molecule has 2 heterocycles. The Hall–Kier alpha value is -1.36. The van der Waals surface area contributed by atoms with Crippen molar-refractivity contribution >= 4 is 5.91 Å². The zero-order chi connectivity index (χ0) is 12.1. The number of rotatable bonds is 3. The van der Waals surface area contributed by atoms with Crippen molar-refractivity contribution < 1.29 is 4.79 Å². The highest BCUT2D eigenvalue weighted by atomic mass is 16.2. The zero-order valence-corrected chi connectivity index (χ0v) is 10.3. The number of amides is 1. The molecule has 1 aromatic heterocycles. The predicted molar refractivity (Wildman–Crippen MR) is 65.3 cm³/mol. The number of nitrogens with zero attached hydrogens (tertiary/aromatic N) is 2. The van der Waals surface area contributed by atoms with Crippen LogP contribution in [0.15, 0.2) is 12.3 Å². The highest BCUT2D eigenvalue weighted by Crippen LogP contribution is 2.08. The fraction of sp³-hybridized carbons (Fsp3) is 0.667. The minimum absolute atomic E-state index is 0.0267. The third kappa shape index (κ3) is 3.56. The normalized spacial score (nSPS) is 20.9. The van der Waals surface area contributed by atoms with Gasteiger partial charge in [0.2, 0.25) is 5.91 Å². The van der Waals surface area contributed by atoms with Gasteiger partial charge in [-0.1, -0.05) is 12.8 Å². The maximum absolute atomic E-state index is 11.9. The molecule has 2 N–H and O–H groups in total. The summed E-state index contributed by atoms with van der Waals surface area (Å²) in [6, 6.07) is 1.89. The number of carbonyl (C=O) groups excluding carboxylic acids is 1. The molecule has 1 aliphatic heterocycles. The van der Waals surface area contributed by atoms with E-state index in [0.717, 1.165) is 25.1 Å². The van der Waals surface area contributed by atoms with Crippen molar-refractivity contribution in [1.82, 2.24) is 20.4 Å². The molecule has 0 saturated carbocycles. The van der Waals surface area contributed by atoms with E-state index in [0.29, 0.717) is 6.54 Å². The zero-order valence-electron chi connectivity index (χ0n) is 10.3. The molecule has 1 unspecified atom stereocenters. The molecule has 0 radical (unpaired) electrons. The first-order valence-corrected chi connectivity index (χ1v) is 6.25. The summed E-state index contributed by atoms with van der Waals surface area (Å²) in [6.07, 6.45) is 6.34. The Balaban J connectivity index is 1.79. The quantitative estimate of drug-likeness (QED) is 0.806. The van der Waals surface area contributed by atoms with E-state index >= 15 is 0 Å². The summed E-state index contributed by atoms with van der Waals surface area (Å²) in [4.78, 5) is 11.9. The number of hydrogen-bond donors (Lipinski definition) is 2. The molecule has 1 fully saturated rings. The fourth-order valence-electron chi connectivity index (χ4n) is 2.11. The van der Waals surface area contributed by atoms with Gasteiger partial charge in [-0.05, 0) is 25.5 Å². The number of nitrogens with one attached hydrogen (secondary N) is 2. The number of aryl methyl sites for hydroxylation is 1. The van der Waals surface area contributed by atoms with Gasteiger partial charge in [-0.25, -0.2) is 0 Å². The van der Waals surface area contributed by atoms with Crippen LogP contribution in [0.4, 0.5) is 0 Å². The lowest BCUT2D eigenvalue weighted by molar-refractivity contribution is -0.123. The summed E-state index contributed by atoms with van der Waals surface area (Å²) >= 11 is 0. The second-order valence-electron chi connectivity index (χ2n) is 4.55. The van der Waals surface area contributed by atoms with E-state index in [2.05, 4.69) is 15.7 Å². The maximum atomic E-state index is 11.9. The van der Waals surface area contributed by atoms with Gasteiger partial charge in [0.25, 0.3) is 0 Å². The van der Waals surface area contributed by atoms with Crippen LogP contribution >= 0.6 is 0 Å². The van der Waals surface area contributed by atoms with E-state index in [1.165, 1.54) is 12.8 Å². The standard InChI is InChI=1S/C12H20N4O/c1-16-8-6-10(15-16)9-14-12(17)11-5-3-2-4-7-13-11/h6,8,11,13H,2-5,7,9H2,1H3,(H,14,17). The Morgan fingerprint density at radius 2 is 2.47 bits per heavy atom. The van der Waals surface area contributed by atoms with Gasteiger partial charge >= 0.3 is 0 Å². The van der Waals surface area contributed by atoms with Crippen molar-refractivity contribution in [2.24, 2.45) is 7.05 Å². The van der Waals surface area contributed by atoms with E-state index in [-0.39, 0.29) is 11.9 Å². The third-order valence-corrected chi connectivity index (χ3v) is 3.09. The molecule has 0 bridgehead atoms. The molecule has 1 amide bonds. The minimum Gasteiger partial charge on any atom is -0.349 e.